The molecule has 1 aliphatic rings. The number of aromatic nitrogens is 3. The number of pyridine rings is 1. The van der Waals surface area contributed by atoms with Crippen molar-refractivity contribution in [1.29, 1.82) is 0 Å². The van der Waals surface area contributed by atoms with E-state index in [1.807, 2.05) is 45.2 Å². The van der Waals surface area contributed by atoms with Crippen molar-refractivity contribution in [3.05, 3.63) is 42.5 Å². The number of nitrogens with zero attached hydrogens (tertiary/aromatic N) is 4. The molecule has 3 rings (SSSR count). The first-order valence-electron chi connectivity index (χ1n) is 10.1. The van der Waals surface area contributed by atoms with Crippen molar-refractivity contribution in [3.8, 4) is 11.4 Å². The molecule has 1 aliphatic heterocycles. The van der Waals surface area contributed by atoms with Crippen LogP contribution in [0.3, 0.4) is 0 Å². The first-order chi connectivity index (χ1) is 13.9. The van der Waals surface area contributed by atoms with Gasteiger partial charge in [0.1, 0.15) is 5.60 Å². The molecule has 158 valence electrons. The molecule has 0 amide bonds. The maximum absolute atomic E-state index is 9.60. The predicted molar refractivity (Wildman–Crippen MR) is 114 cm³/mol. The summed E-state index contributed by atoms with van der Waals surface area (Å²) >= 11 is 0. The molecule has 29 heavy (non-hydrogen) atoms. The molecule has 0 radical (unpaired) electrons. The van der Waals surface area contributed by atoms with Crippen LogP contribution in [-0.2, 0) is 16.1 Å². The number of carbonyl (C=O) groups is 1. The van der Waals surface area contributed by atoms with Crippen molar-refractivity contribution in [1.82, 2.24) is 25.2 Å². The minimum atomic E-state index is -0.318. The molecule has 0 saturated carbocycles. The van der Waals surface area contributed by atoms with Gasteiger partial charge in [0.05, 0.1) is 5.69 Å². The van der Waals surface area contributed by atoms with Gasteiger partial charge >= 0.3 is 0 Å². The SMILES string of the molecule is CC(C)(C)OC=O.CN(Cc1ccnc(-c2ccncc2)n1)CC1CCNCC1. The van der Waals surface area contributed by atoms with Crippen LogP contribution in [0, 0.1) is 5.92 Å². The fourth-order valence-corrected chi connectivity index (χ4v) is 3.11. The number of ether oxygens (including phenoxy) is 1. The number of hydrogen-bond acceptors (Lipinski definition) is 7. The van der Waals surface area contributed by atoms with E-state index in [-0.39, 0.29) is 5.60 Å². The molecule has 0 aromatic carbocycles. The van der Waals surface area contributed by atoms with E-state index >= 15 is 0 Å². The maximum atomic E-state index is 9.60. The lowest BCUT2D eigenvalue weighted by Crippen LogP contribution is -2.34. The monoisotopic (exact) mass is 399 g/mol. The van der Waals surface area contributed by atoms with E-state index in [9.17, 15) is 4.79 Å². The zero-order chi connectivity index (χ0) is 21.1. The van der Waals surface area contributed by atoms with Crippen LogP contribution in [0.2, 0.25) is 0 Å². The third-order valence-electron chi connectivity index (χ3n) is 4.51. The number of rotatable bonds is 6. The molecule has 1 N–H and O–H groups in total. The highest BCUT2D eigenvalue weighted by atomic mass is 16.5. The molecule has 0 bridgehead atoms. The topological polar surface area (TPSA) is 80.2 Å². The Kier molecular flexibility index (Phi) is 9.15. The van der Waals surface area contributed by atoms with Crippen molar-refractivity contribution in [3.63, 3.8) is 0 Å². The summed E-state index contributed by atoms with van der Waals surface area (Å²) in [4.78, 5) is 25.1. The largest absolute Gasteiger partial charge is 0.462 e. The lowest BCUT2D eigenvalue weighted by molar-refractivity contribution is -0.138. The van der Waals surface area contributed by atoms with E-state index in [4.69, 9.17) is 0 Å². The molecule has 7 heteroatoms. The number of piperidine rings is 1. The molecule has 3 heterocycles. The lowest BCUT2D eigenvalue weighted by Gasteiger charge is -2.27. The zero-order valence-electron chi connectivity index (χ0n) is 18.0. The van der Waals surface area contributed by atoms with E-state index in [0.717, 1.165) is 49.2 Å². The van der Waals surface area contributed by atoms with Crippen LogP contribution < -0.4 is 5.32 Å². The lowest BCUT2D eigenvalue weighted by atomic mass is 9.98. The fourth-order valence-electron chi connectivity index (χ4n) is 3.11. The molecule has 0 unspecified atom stereocenters. The molecule has 0 spiro atoms. The Labute approximate surface area is 173 Å². The Morgan fingerprint density at radius 2 is 1.86 bits per heavy atom. The Bertz CT molecular complexity index is 727. The van der Waals surface area contributed by atoms with Crippen LogP contribution >= 0.6 is 0 Å². The fraction of sp³-hybridized carbons (Fsp3) is 0.545. The third-order valence-corrected chi connectivity index (χ3v) is 4.51. The van der Waals surface area contributed by atoms with E-state index in [1.165, 1.54) is 12.8 Å². The van der Waals surface area contributed by atoms with Crippen LogP contribution in [0.4, 0.5) is 0 Å². The number of hydrogen-bond donors (Lipinski definition) is 1. The van der Waals surface area contributed by atoms with E-state index in [2.05, 4.69) is 37.0 Å². The minimum absolute atomic E-state index is 0.318. The molecule has 1 fully saturated rings. The average Bonchev–Trinajstić information content (AvgIpc) is 2.69. The van der Waals surface area contributed by atoms with Gasteiger partial charge in [-0.05, 0) is 77.9 Å². The van der Waals surface area contributed by atoms with E-state index < -0.39 is 0 Å². The highest BCUT2D eigenvalue weighted by Crippen LogP contribution is 2.16. The summed E-state index contributed by atoms with van der Waals surface area (Å²) in [6, 6.07) is 5.89. The quantitative estimate of drug-likeness (QED) is 0.748. The highest BCUT2D eigenvalue weighted by molar-refractivity contribution is 5.53. The number of carbonyl (C=O) groups excluding carboxylic acids is 1. The summed E-state index contributed by atoms with van der Waals surface area (Å²) in [7, 11) is 2.18. The van der Waals surface area contributed by atoms with Crippen LogP contribution in [0.25, 0.3) is 11.4 Å². The smallest absolute Gasteiger partial charge is 0.293 e. The normalized spacial score (nSPS) is 14.8. The first kappa shape index (κ1) is 22.9. The van der Waals surface area contributed by atoms with Gasteiger partial charge in [-0.25, -0.2) is 9.97 Å². The van der Waals surface area contributed by atoms with Gasteiger partial charge in [0.25, 0.3) is 6.47 Å². The number of nitrogens with one attached hydrogen (secondary N) is 1. The summed E-state index contributed by atoms with van der Waals surface area (Å²) in [6.45, 7) is 10.2. The summed E-state index contributed by atoms with van der Waals surface area (Å²) < 4.78 is 4.55. The van der Waals surface area contributed by atoms with Gasteiger partial charge < -0.3 is 15.0 Å². The van der Waals surface area contributed by atoms with E-state index in [1.54, 1.807) is 12.4 Å². The van der Waals surface area contributed by atoms with Crippen molar-refractivity contribution >= 4 is 6.47 Å². The van der Waals surface area contributed by atoms with Crippen molar-refractivity contribution in [2.75, 3.05) is 26.7 Å². The van der Waals surface area contributed by atoms with Crippen molar-refractivity contribution in [2.45, 2.75) is 45.8 Å². The molecule has 0 atom stereocenters. The van der Waals surface area contributed by atoms with Crippen LogP contribution in [0.1, 0.15) is 39.3 Å². The Balaban J connectivity index is 0.000000370. The second-order valence-corrected chi connectivity index (χ2v) is 8.32. The predicted octanol–water partition coefficient (Wildman–Crippen LogP) is 2.93. The molecule has 0 aliphatic carbocycles. The zero-order valence-corrected chi connectivity index (χ0v) is 18.0. The van der Waals surface area contributed by atoms with Gasteiger partial charge in [0.15, 0.2) is 5.82 Å². The van der Waals surface area contributed by atoms with Gasteiger partial charge in [0.2, 0.25) is 0 Å². The van der Waals surface area contributed by atoms with Gasteiger partial charge in [-0.15, -0.1) is 0 Å². The van der Waals surface area contributed by atoms with Crippen molar-refractivity contribution in [2.24, 2.45) is 5.92 Å². The van der Waals surface area contributed by atoms with E-state index in [0.29, 0.717) is 6.47 Å². The third kappa shape index (κ3) is 9.11. The summed E-state index contributed by atoms with van der Waals surface area (Å²) in [5.41, 5.74) is 1.76. The van der Waals surface area contributed by atoms with Crippen LogP contribution in [0.15, 0.2) is 36.8 Å². The van der Waals surface area contributed by atoms with Crippen LogP contribution in [0.5, 0.6) is 0 Å². The standard InChI is InChI=1S/C17H23N5.C5H10O2/c1-22(12-14-2-7-18-8-3-14)13-16-6-11-20-17(21-16)15-4-9-19-10-5-15;1-5(2,3)7-4-6/h4-6,9-11,14,18H,2-3,7-8,12-13H2,1H3;4H,1-3H3. The van der Waals surface area contributed by atoms with Crippen LogP contribution in [-0.4, -0.2) is 58.6 Å². The summed E-state index contributed by atoms with van der Waals surface area (Å²) in [5.74, 6) is 1.57. The summed E-state index contributed by atoms with van der Waals surface area (Å²) in [6.07, 6.45) is 7.94. The van der Waals surface area contributed by atoms with Gasteiger partial charge in [-0.3, -0.25) is 9.78 Å². The first-order valence-corrected chi connectivity index (χ1v) is 10.1. The van der Waals surface area contributed by atoms with Gasteiger partial charge in [0, 0.05) is 37.2 Å². The second-order valence-electron chi connectivity index (χ2n) is 8.32. The molecule has 2 aromatic heterocycles. The van der Waals surface area contributed by atoms with Gasteiger partial charge in [-0.2, -0.15) is 0 Å². The molecular weight excluding hydrogens is 366 g/mol. The Hall–Kier alpha value is -2.38. The second kappa shape index (κ2) is 11.6. The maximum Gasteiger partial charge on any atom is 0.293 e. The Morgan fingerprint density at radius 1 is 1.17 bits per heavy atom. The molecule has 2 aromatic rings. The molecular formula is C22H33N5O2. The van der Waals surface area contributed by atoms with Crippen molar-refractivity contribution < 1.29 is 9.53 Å². The summed E-state index contributed by atoms with van der Waals surface area (Å²) in [5, 5.41) is 3.42. The molecule has 7 nitrogen and oxygen atoms in total. The minimum Gasteiger partial charge on any atom is -0.462 e. The highest BCUT2D eigenvalue weighted by Gasteiger charge is 2.15. The Morgan fingerprint density at radius 3 is 2.45 bits per heavy atom. The molecule has 1 saturated heterocycles. The van der Waals surface area contributed by atoms with Gasteiger partial charge in [-0.1, -0.05) is 0 Å². The average molecular weight is 400 g/mol.